The van der Waals surface area contributed by atoms with E-state index >= 15 is 0 Å². The molecule has 1 nitrogen and oxygen atoms in total. The molecular weight excluding hydrogens is 407 g/mol. The lowest BCUT2D eigenvalue weighted by atomic mass is 10.0. The Labute approximate surface area is 178 Å². The van der Waals surface area contributed by atoms with E-state index in [0.717, 1.165) is 12.1 Å². The fraction of sp³-hybridized carbons (Fsp3) is 0.565. The maximum atomic E-state index is 13.1. The molecule has 2 heterocycles. The molecule has 2 atom stereocenters. The molecule has 1 aromatic heterocycles. The number of hydrogen-bond donors (Lipinski definition) is 0. The summed E-state index contributed by atoms with van der Waals surface area (Å²) in [6, 6.07) is 10.2. The van der Waals surface area contributed by atoms with E-state index in [1.165, 1.54) is 17.0 Å². The highest BCUT2D eigenvalue weighted by Gasteiger charge is 2.57. The minimum atomic E-state index is -4.31. The monoisotopic (exact) mass is 439 g/mol. The second-order valence-electron chi connectivity index (χ2n) is 10.4. The quantitative estimate of drug-likeness (QED) is 0.434. The van der Waals surface area contributed by atoms with Gasteiger partial charge in [0.05, 0.1) is 19.7 Å². The molecule has 2 unspecified atom stereocenters. The van der Waals surface area contributed by atoms with Gasteiger partial charge in [-0.05, 0) is 66.6 Å². The number of anilines is 1. The van der Waals surface area contributed by atoms with Crippen LogP contribution in [0.15, 0.2) is 41.8 Å². The molecule has 1 saturated heterocycles. The third-order valence-corrected chi connectivity index (χ3v) is 14.9. The van der Waals surface area contributed by atoms with Crippen molar-refractivity contribution in [3.05, 3.63) is 52.2 Å². The first-order valence-corrected chi connectivity index (χ1v) is 14.1. The molecule has 1 aromatic carbocycles. The first-order chi connectivity index (χ1) is 13.2. The Hall–Kier alpha value is -1.27. The molecule has 0 N–H and O–H groups in total. The summed E-state index contributed by atoms with van der Waals surface area (Å²) in [5, 5.41) is 2.33. The number of rotatable bonds is 3. The van der Waals surface area contributed by atoms with Crippen molar-refractivity contribution < 1.29 is 13.2 Å². The van der Waals surface area contributed by atoms with Crippen molar-refractivity contribution in [1.82, 2.24) is 0 Å². The van der Waals surface area contributed by atoms with Gasteiger partial charge in [0.2, 0.25) is 0 Å². The lowest BCUT2D eigenvalue weighted by molar-refractivity contribution is -0.137. The molecule has 0 spiro atoms. The van der Waals surface area contributed by atoms with Crippen LogP contribution in [0.1, 0.15) is 57.5 Å². The first-order valence-electron chi connectivity index (χ1n) is 10.2. The van der Waals surface area contributed by atoms with Crippen LogP contribution in [-0.4, -0.2) is 13.6 Å². The second kappa shape index (κ2) is 7.15. The molecule has 29 heavy (non-hydrogen) atoms. The van der Waals surface area contributed by atoms with Crippen LogP contribution in [0, 0.1) is 0 Å². The fourth-order valence-electron chi connectivity index (χ4n) is 4.93. The zero-order chi connectivity index (χ0) is 21.8. The van der Waals surface area contributed by atoms with E-state index < -0.39 is 19.8 Å². The molecule has 160 valence electrons. The van der Waals surface area contributed by atoms with Gasteiger partial charge in [0, 0.05) is 16.1 Å². The van der Waals surface area contributed by atoms with Gasteiger partial charge in [0.1, 0.15) is 0 Å². The van der Waals surface area contributed by atoms with Crippen LogP contribution in [0.25, 0.3) is 0 Å². The van der Waals surface area contributed by atoms with Gasteiger partial charge >= 0.3 is 6.18 Å². The molecule has 0 amide bonds. The highest BCUT2D eigenvalue weighted by molar-refractivity contribution is 7.10. The van der Waals surface area contributed by atoms with E-state index in [1.807, 2.05) is 0 Å². The summed E-state index contributed by atoms with van der Waals surface area (Å²) in [5.41, 5.74) is 0.663. The van der Waals surface area contributed by atoms with Crippen LogP contribution in [0.2, 0.25) is 23.7 Å². The van der Waals surface area contributed by atoms with Gasteiger partial charge in [-0.2, -0.15) is 13.2 Å². The molecule has 0 radical (unpaired) electrons. The number of alkyl halides is 3. The molecule has 1 aliphatic heterocycles. The minimum Gasteiger partial charge on any atom is -0.359 e. The van der Waals surface area contributed by atoms with Crippen molar-refractivity contribution >= 4 is 25.1 Å². The molecule has 2 aromatic rings. The normalized spacial score (nSPS) is 22.9. The first kappa shape index (κ1) is 22.4. The zero-order valence-corrected chi connectivity index (χ0v) is 20.2. The third-order valence-electron chi connectivity index (χ3n) is 7.39. The van der Waals surface area contributed by atoms with Gasteiger partial charge in [-0.25, -0.2) is 0 Å². The number of benzene rings is 1. The van der Waals surface area contributed by atoms with Crippen molar-refractivity contribution in [1.29, 1.82) is 0 Å². The number of thiophene rings is 1. The van der Waals surface area contributed by atoms with E-state index in [9.17, 15) is 13.2 Å². The van der Waals surface area contributed by atoms with Gasteiger partial charge < -0.3 is 4.90 Å². The molecule has 3 rings (SSSR count). The van der Waals surface area contributed by atoms with Crippen LogP contribution in [0.3, 0.4) is 0 Å². The molecular formula is C23H32F3NSSi. The SMILES string of the molecule is CC1(C)C([Si](C)(C)C(C)(C)C)CC(c2cccs2)N1c1ccc(C(F)(F)F)cc1. The Morgan fingerprint density at radius 2 is 1.62 bits per heavy atom. The minimum absolute atomic E-state index is 0.141. The average Bonchev–Trinajstić information content (AvgIpc) is 3.18. The molecule has 0 aliphatic carbocycles. The van der Waals surface area contributed by atoms with E-state index in [1.54, 1.807) is 23.5 Å². The number of nitrogens with zero attached hydrogens (tertiary/aromatic N) is 1. The Kier molecular flexibility index (Phi) is 5.53. The molecule has 1 aliphatic rings. The number of halogens is 3. The van der Waals surface area contributed by atoms with Crippen LogP contribution in [-0.2, 0) is 6.18 Å². The predicted octanol–water partition coefficient (Wildman–Crippen LogP) is 8.38. The van der Waals surface area contributed by atoms with Crippen molar-refractivity contribution in [3.8, 4) is 0 Å². The molecule has 1 fully saturated rings. The van der Waals surface area contributed by atoms with Crippen LogP contribution in [0.5, 0.6) is 0 Å². The zero-order valence-electron chi connectivity index (χ0n) is 18.4. The topological polar surface area (TPSA) is 3.24 Å². The smallest absolute Gasteiger partial charge is 0.359 e. The summed E-state index contributed by atoms with van der Waals surface area (Å²) < 4.78 is 39.3. The predicted molar refractivity (Wildman–Crippen MR) is 121 cm³/mol. The van der Waals surface area contributed by atoms with Gasteiger partial charge in [-0.1, -0.05) is 39.9 Å². The molecule has 0 saturated carbocycles. The lowest BCUT2D eigenvalue weighted by Crippen LogP contribution is -2.52. The van der Waals surface area contributed by atoms with Crippen molar-refractivity contribution in [3.63, 3.8) is 0 Å². The van der Waals surface area contributed by atoms with Crippen LogP contribution < -0.4 is 4.90 Å². The molecule has 6 heteroatoms. The van der Waals surface area contributed by atoms with Gasteiger partial charge in [0.25, 0.3) is 0 Å². The Bertz CT molecular complexity index is 832. The maximum absolute atomic E-state index is 13.1. The largest absolute Gasteiger partial charge is 0.416 e. The van der Waals surface area contributed by atoms with E-state index in [-0.39, 0.29) is 16.6 Å². The Morgan fingerprint density at radius 3 is 2.07 bits per heavy atom. The van der Waals surface area contributed by atoms with Crippen molar-refractivity contribution in [2.24, 2.45) is 0 Å². The van der Waals surface area contributed by atoms with E-state index in [4.69, 9.17) is 0 Å². The highest BCUT2D eigenvalue weighted by Crippen LogP contribution is 2.60. The number of hydrogen-bond acceptors (Lipinski definition) is 2. The van der Waals surface area contributed by atoms with Gasteiger partial charge in [0.15, 0.2) is 0 Å². The summed E-state index contributed by atoms with van der Waals surface area (Å²) in [7, 11) is -1.69. The highest BCUT2D eigenvalue weighted by atomic mass is 32.1. The summed E-state index contributed by atoms with van der Waals surface area (Å²) in [6.45, 7) is 16.5. The van der Waals surface area contributed by atoms with Crippen LogP contribution in [0.4, 0.5) is 18.9 Å². The summed E-state index contributed by atoms with van der Waals surface area (Å²) >= 11 is 1.74. The standard InChI is InChI=1S/C23H32F3NSSi/c1-21(2,3)29(6,7)20-15-18(19-9-8-14-28-19)27(22(20,4)5)17-12-10-16(11-13-17)23(24,25)26/h8-14,18,20H,15H2,1-7H3. The lowest BCUT2D eigenvalue weighted by Gasteiger charge is -2.49. The van der Waals surface area contributed by atoms with Crippen molar-refractivity contribution in [2.45, 2.75) is 82.5 Å². The van der Waals surface area contributed by atoms with E-state index in [2.05, 4.69) is 70.1 Å². The fourth-order valence-corrected chi connectivity index (χ4v) is 9.53. The average molecular weight is 440 g/mol. The summed E-state index contributed by atoms with van der Waals surface area (Å²) in [5.74, 6) is 0. The van der Waals surface area contributed by atoms with Gasteiger partial charge in [-0.15, -0.1) is 11.3 Å². The Balaban J connectivity index is 2.09. The van der Waals surface area contributed by atoms with Crippen molar-refractivity contribution in [2.75, 3.05) is 4.90 Å². The third kappa shape index (κ3) is 3.90. The Morgan fingerprint density at radius 1 is 1.03 bits per heavy atom. The molecule has 0 bridgehead atoms. The second-order valence-corrected chi connectivity index (χ2v) is 17.0. The van der Waals surface area contributed by atoms with E-state index in [0.29, 0.717) is 5.54 Å². The van der Waals surface area contributed by atoms with Gasteiger partial charge in [-0.3, -0.25) is 0 Å². The van der Waals surface area contributed by atoms with Crippen LogP contribution >= 0.6 is 11.3 Å². The maximum Gasteiger partial charge on any atom is 0.416 e. The summed E-state index contributed by atoms with van der Waals surface area (Å²) in [6.07, 6.45) is -3.26. The summed E-state index contributed by atoms with van der Waals surface area (Å²) in [4.78, 5) is 3.68.